The van der Waals surface area contributed by atoms with Crippen molar-refractivity contribution in [1.29, 1.82) is 0 Å². The number of benzene rings is 2. The van der Waals surface area contributed by atoms with Gasteiger partial charge in [-0.25, -0.2) is 8.42 Å². The summed E-state index contributed by atoms with van der Waals surface area (Å²) in [6.07, 6.45) is 0.782. The first-order chi connectivity index (χ1) is 15.6. The molecule has 1 N–H and O–H groups in total. The number of nitrogens with zero attached hydrogens (tertiary/aromatic N) is 2. The van der Waals surface area contributed by atoms with Gasteiger partial charge in [0.15, 0.2) is 0 Å². The monoisotopic (exact) mass is 471 g/mol. The van der Waals surface area contributed by atoms with E-state index in [1.165, 1.54) is 28.6 Å². The highest BCUT2D eigenvalue weighted by Crippen LogP contribution is 2.34. The van der Waals surface area contributed by atoms with E-state index in [2.05, 4.69) is 5.32 Å². The van der Waals surface area contributed by atoms with Crippen LogP contribution in [0.15, 0.2) is 47.4 Å². The van der Waals surface area contributed by atoms with Gasteiger partial charge in [-0.2, -0.15) is 4.31 Å². The molecule has 2 aromatic carbocycles. The molecule has 0 aromatic heterocycles. The predicted molar refractivity (Wildman–Crippen MR) is 126 cm³/mol. The highest BCUT2D eigenvalue weighted by Gasteiger charge is 2.32. The zero-order valence-corrected chi connectivity index (χ0v) is 19.9. The van der Waals surface area contributed by atoms with Crippen molar-refractivity contribution in [3.8, 4) is 0 Å². The molecule has 0 spiro atoms. The van der Waals surface area contributed by atoms with Crippen molar-refractivity contribution >= 4 is 33.2 Å². The van der Waals surface area contributed by atoms with E-state index in [4.69, 9.17) is 4.74 Å². The average Bonchev–Trinajstić information content (AvgIpc) is 3.21. The smallest absolute Gasteiger partial charge is 0.255 e. The molecule has 2 amide bonds. The molecule has 2 aliphatic heterocycles. The van der Waals surface area contributed by atoms with Gasteiger partial charge < -0.3 is 15.0 Å². The Morgan fingerprint density at radius 1 is 0.970 bits per heavy atom. The van der Waals surface area contributed by atoms with Gasteiger partial charge in [0.1, 0.15) is 0 Å². The number of nitrogens with one attached hydrogen (secondary N) is 1. The van der Waals surface area contributed by atoms with Gasteiger partial charge in [-0.3, -0.25) is 9.59 Å². The lowest BCUT2D eigenvalue weighted by Gasteiger charge is -2.26. The van der Waals surface area contributed by atoms with Crippen molar-refractivity contribution in [2.75, 3.05) is 43.1 Å². The van der Waals surface area contributed by atoms with Gasteiger partial charge >= 0.3 is 0 Å². The maximum Gasteiger partial charge on any atom is 0.255 e. The maximum atomic E-state index is 12.8. The molecule has 2 heterocycles. The largest absolute Gasteiger partial charge is 0.379 e. The van der Waals surface area contributed by atoms with E-state index < -0.39 is 15.4 Å². The van der Waals surface area contributed by atoms with Crippen LogP contribution in [0.4, 0.5) is 11.4 Å². The second kappa shape index (κ2) is 8.89. The van der Waals surface area contributed by atoms with Crippen LogP contribution in [0.1, 0.15) is 36.7 Å². The third kappa shape index (κ3) is 4.80. The number of carbonyl (C=O) groups excluding carboxylic acids is 2. The second-order valence-corrected chi connectivity index (χ2v) is 11.2. The number of hydrogen-bond donors (Lipinski definition) is 1. The molecule has 1 fully saturated rings. The van der Waals surface area contributed by atoms with Gasteiger partial charge in [-0.15, -0.1) is 0 Å². The van der Waals surface area contributed by atoms with Gasteiger partial charge in [0.25, 0.3) is 5.91 Å². The minimum absolute atomic E-state index is 0.0433. The van der Waals surface area contributed by atoms with Crippen molar-refractivity contribution in [2.24, 2.45) is 5.41 Å². The van der Waals surface area contributed by atoms with Crippen LogP contribution in [0.3, 0.4) is 0 Å². The topological polar surface area (TPSA) is 96.0 Å². The summed E-state index contributed by atoms with van der Waals surface area (Å²) >= 11 is 0. The van der Waals surface area contributed by atoms with E-state index in [-0.39, 0.29) is 16.7 Å². The average molecular weight is 472 g/mol. The van der Waals surface area contributed by atoms with Crippen LogP contribution in [0.2, 0.25) is 0 Å². The molecule has 0 bridgehead atoms. The number of hydrogen-bond acceptors (Lipinski definition) is 5. The van der Waals surface area contributed by atoms with Crippen LogP contribution in [-0.2, 0) is 26.0 Å². The van der Waals surface area contributed by atoms with E-state index in [0.717, 1.165) is 17.7 Å². The first kappa shape index (κ1) is 23.4. The molecule has 1 saturated heterocycles. The van der Waals surface area contributed by atoms with Gasteiger partial charge in [0, 0.05) is 42.0 Å². The van der Waals surface area contributed by atoms with Crippen LogP contribution in [0.5, 0.6) is 0 Å². The molecule has 8 nitrogen and oxygen atoms in total. The Morgan fingerprint density at radius 3 is 2.27 bits per heavy atom. The molecular formula is C24H29N3O5S. The number of ether oxygens (including phenoxy) is 1. The summed E-state index contributed by atoms with van der Waals surface area (Å²) in [5.74, 6) is -0.307. The summed E-state index contributed by atoms with van der Waals surface area (Å²) in [4.78, 5) is 27.5. The third-order valence-corrected chi connectivity index (χ3v) is 7.76. The van der Waals surface area contributed by atoms with E-state index in [0.29, 0.717) is 44.1 Å². The highest BCUT2D eigenvalue weighted by molar-refractivity contribution is 7.89. The van der Waals surface area contributed by atoms with Crippen LogP contribution in [0, 0.1) is 5.41 Å². The molecule has 33 heavy (non-hydrogen) atoms. The first-order valence-electron chi connectivity index (χ1n) is 11.0. The maximum absolute atomic E-state index is 12.8. The number of sulfonamides is 1. The van der Waals surface area contributed by atoms with E-state index in [9.17, 15) is 18.0 Å². The van der Waals surface area contributed by atoms with Crippen LogP contribution >= 0.6 is 0 Å². The lowest BCUT2D eigenvalue weighted by molar-refractivity contribution is -0.125. The summed E-state index contributed by atoms with van der Waals surface area (Å²) in [7, 11) is -3.61. The van der Waals surface area contributed by atoms with E-state index >= 15 is 0 Å². The summed E-state index contributed by atoms with van der Waals surface area (Å²) < 4.78 is 32.1. The lowest BCUT2D eigenvalue weighted by atomic mass is 9.94. The number of morpholine rings is 1. The van der Waals surface area contributed by atoms with E-state index in [1.54, 1.807) is 4.90 Å². The summed E-state index contributed by atoms with van der Waals surface area (Å²) in [6.45, 7) is 7.68. The zero-order valence-electron chi connectivity index (χ0n) is 19.1. The Morgan fingerprint density at radius 2 is 1.64 bits per heavy atom. The SMILES string of the molecule is CC(C)(C)C(=O)N1CCc2ccc(NC(=O)c3ccc(S(=O)(=O)N4CCOCC4)cc3)cc21. The number of amides is 2. The number of anilines is 2. The molecule has 2 aromatic rings. The Kier molecular flexibility index (Phi) is 6.30. The van der Waals surface area contributed by atoms with Crippen molar-refractivity contribution in [3.63, 3.8) is 0 Å². The van der Waals surface area contributed by atoms with Gasteiger partial charge in [0.2, 0.25) is 15.9 Å². The molecule has 0 atom stereocenters. The van der Waals surface area contributed by atoms with Crippen molar-refractivity contribution in [3.05, 3.63) is 53.6 Å². The second-order valence-electron chi connectivity index (χ2n) is 9.30. The van der Waals surface area contributed by atoms with Crippen molar-refractivity contribution in [2.45, 2.75) is 32.1 Å². The highest BCUT2D eigenvalue weighted by atomic mass is 32.2. The molecule has 176 valence electrons. The molecule has 0 unspecified atom stereocenters. The molecule has 0 aliphatic carbocycles. The van der Waals surface area contributed by atoms with Gasteiger partial charge in [0.05, 0.1) is 18.1 Å². The fourth-order valence-electron chi connectivity index (χ4n) is 3.99. The molecule has 9 heteroatoms. The predicted octanol–water partition coefficient (Wildman–Crippen LogP) is 2.90. The minimum atomic E-state index is -3.61. The first-order valence-corrected chi connectivity index (χ1v) is 12.5. The number of carbonyl (C=O) groups is 2. The van der Waals surface area contributed by atoms with Crippen molar-refractivity contribution < 1.29 is 22.7 Å². The zero-order chi connectivity index (χ0) is 23.8. The minimum Gasteiger partial charge on any atom is -0.379 e. The Labute approximate surface area is 194 Å². The summed E-state index contributed by atoms with van der Waals surface area (Å²) in [5.41, 5.74) is 2.32. The summed E-state index contributed by atoms with van der Waals surface area (Å²) in [6, 6.07) is 11.5. The Balaban J connectivity index is 1.49. The molecule has 0 saturated carbocycles. The van der Waals surface area contributed by atoms with E-state index in [1.807, 2.05) is 39.0 Å². The quantitative estimate of drug-likeness (QED) is 0.740. The van der Waals surface area contributed by atoms with Crippen LogP contribution in [0.25, 0.3) is 0 Å². The molecule has 4 rings (SSSR count). The molecule has 0 radical (unpaired) electrons. The van der Waals surface area contributed by atoms with Crippen LogP contribution in [-0.4, -0.2) is 57.4 Å². The Bertz CT molecular complexity index is 1160. The van der Waals surface area contributed by atoms with Gasteiger partial charge in [-0.1, -0.05) is 26.8 Å². The third-order valence-electron chi connectivity index (χ3n) is 5.85. The van der Waals surface area contributed by atoms with Crippen LogP contribution < -0.4 is 10.2 Å². The fraction of sp³-hybridized carbons (Fsp3) is 0.417. The Hall–Kier alpha value is -2.75. The fourth-order valence-corrected chi connectivity index (χ4v) is 5.40. The number of rotatable bonds is 4. The van der Waals surface area contributed by atoms with Crippen molar-refractivity contribution in [1.82, 2.24) is 4.31 Å². The molecular weight excluding hydrogens is 442 g/mol. The number of fused-ring (bicyclic) bond motifs is 1. The summed E-state index contributed by atoms with van der Waals surface area (Å²) in [5, 5.41) is 2.85. The standard InChI is InChI=1S/C24H29N3O5S/c1-24(2,3)23(29)27-11-10-17-4-7-19(16-21(17)27)25-22(28)18-5-8-20(9-6-18)33(30,31)26-12-14-32-15-13-26/h4-9,16H,10-15H2,1-3H3,(H,25,28). The van der Waals surface area contributed by atoms with Gasteiger partial charge in [-0.05, 0) is 48.4 Å². The lowest BCUT2D eigenvalue weighted by Crippen LogP contribution is -2.40. The molecule has 2 aliphatic rings. The normalized spacial score (nSPS) is 17.0.